The van der Waals surface area contributed by atoms with Crippen LogP contribution in [0.15, 0.2) is 54.6 Å². The molecule has 1 atom stereocenters. The predicted molar refractivity (Wildman–Crippen MR) is 105 cm³/mol. The van der Waals surface area contributed by atoms with Crippen LogP contribution >= 0.6 is 22.6 Å². The molecule has 0 saturated heterocycles. The summed E-state index contributed by atoms with van der Waals surface area (Å²) in [7, 11) is -2.12. The van der Waals surface area contributed by atoms with Gasteiger partial charge in [0.15, 0.2) is 0 Å². The second-order valence-corrected chi connectivity index (χ2v) is 11.6. The zero-order chi connectivity index (χ0) is 15.6. The SMILES string of the molecule is CC1(C)c2ccccc2[Si]1(OCCCCI)c1ccccc1. The van der Waals surface area contributed by atoms with Crippen molar-refractivity contribution < 1.29 is 4.43 Å². The highest BCUT2D eigenvalue weighted by Crippen LogP contribution is 2.42. The first kappa shape index (κ1) is 16.2. The minimum Gasteiger partial charge on any atom is -0.407 e. The Morgan fingerprint density at radius 2 is 1.64 bits per heavy atom. The Morgan fingerprint density at radius 3 is 2.36 bits per heavy atom. The van der Waals surface area contributed by atoms with E-state index >= 15 is 0 Å². The quantitative estimate of drug-likeness (QED) is 0.298. The van der Waals surface area contributed by atoms with E-state index in [1.807, 2.05) is 0 Å². The highest BCUT2D eigenvalue weighted by molar-refractivity contribution is 14.1. The molecule has 0 radical (unpaired) electrons. The van der Waals surface area contributed by atoms with Crippen LogP contribution in [-0.2, 0) is 9.46 Å². The van der Waals surface area contributed by atoms with Gasteiger partial charge in [0, 0.05) is 11.6 Å². The molecule has 0 bridgehead atoms. The topological polar surface area (TPSA) is 9.23 Å². The monoisotopic (exact) mass is 422 g/mol. The van der Waals surface area contributed by atoms with Crippen LogP contribution in [0, 0.1) is 0 Å². The van der Waals surface area contributed by atoms with Gasteiger partial charge in [0.2, 0.25) is 0 Å². The highest BCUT2D eigenvalue weighted by Gasteiger charge is 2.62. The van der Waals surface area contributed by atoms with Crippen LogP contribution in [0.25, 0.3) is 0 Å². The zero-order valence-electron chi connectivity index (χ0n) is 13.3. The van der Waals surface area contributed by atoms with Gasteiger partial charge in [0.1, 0.15) is 0 Å². The summed E-state index contributed by atoms with van der Waals surface area (Å²) < 4.78 is 7.94. The molecular weight excluding hydrogens is 399 g/mol. The molecule has 0 amide bonds. The Hall–Kier alpha value is -0.653. The van der Waals surface area contributed by atoms with Crippen molar-refractivity contribution in [2.24, 2.45) is 0 Å². The first-order valence-corrected chi connectivity index (χ1v) is 11.4. The zero-order valence-corrected chi connectivity index (χ0v) is 16.5. The molecule has 0 saturated carbocycles. The van der Waals surface area contributed by atoms with Crippen molar-refractivity contribution in [3.8, 4) is 0 Å². The van der Waals surface area contributed by atoms with Gasteiger partial charge in [-0.25, -0.2) is 0 Å². The van der Waals surface area contributed by atoms with Crippen molar-refractivity contribution in [3.63, 3.8) is 0 Å². The number of hydrogen-bond acceptors (Lipinski definition) is 1. The summed E-state index contributed by atoms with van der Waals surface area (Å²) >= 11 is 2.45. The Morgan fingerprint density at radius 1 is 0.955 bits per heavy atom. The normalized spacial score (nSPS) is 22.0. The molecule has 2 aromatic rings. The van der Waals surface area contributed by atoms with Gasteiger partial charge in [-0.05, 0) is 33.2 Å². The minimum absolute atomic E-state index is 0.134. The largest absolute Gasteiger partial charge is 0.407 e. The first-order chi connectivity index (χ1) is 10.6. The van der Waals surface area contributed by atoms with Crippen LogP contribution < -0.4 is 10.4 Å². The number of fused-ring (bicyclic) bond motifs is 1. The number of alkyl halides is 1. The fourth-order valence-corrected chi connectivity index (χ4v) is 9.31. The third-order valence-corrected chi connectivity index (χ3v) is 10.7. The molecule has 0 spiro atoms. The maximum atomic E-state index is 6.73. The van der Waals surface area contributed by atoms with Crippen LogP contribution in [0.4, 0.5) is 0 Å². The van der Waals surface area contributed by atoms with Crippen LogP contribution in [-0.4, -0.2) is 19.4 Å². The number of rotatable bonds is 6. The molecule has 1 nitrogen and oxygen atoms in total. The van der Waals surface area contributed by atoms with E-state index in [2.05, 4.69) is 91.0 Å². The van der Waals surface area contributed by atoms with Crippen molar-refractivity contribution in [1.29, 1.82) is 0 Å². The van der Waals surface area contributed by atoms with Gasteiger partial charge < -0.3 is 4.43 Å². The van der Waals surface area contributed by atoms with E-state index in [9.17, 15) is 0 Å². The van der Waals surface area contributed by atoms with E-state index < -0.39 is 8.32 Å². The van der Waals surface area contributed by atoms with Gasteiger partial charge in [-0.1, -0.05) is 91.0 Å². The van der Waals surface area contributed by atoms with Crippen molar-refractivity contribution in [2.45, 2.75) is 31.7 Å². The molecule has 0 aliphatic carbocycles. The summed E-state index contributed by atoms with van der Waals surface area (Å²) in [6.45, 7) is 5.61. The molecule has 116 valence electrons. The molecule has 0 fully saturated rings. The molecule has 1 heterocycles. The Balaban J connectivity index is 2.02. The van der Waals surface area contributed by atoms with E-state index in [-0.39, 0.29) is 5.04 Å². The number of benzene rings is 2. The average molecular weight is 422 g/mol. The summed E-state index contributed by atoms with van der Waals surface area (Å²) in [5.41, 5.74) is 1.47. The van der Waals surface area contributed by atoms with Crippen molar-refractivity contribution in [2.75, 3.05) is 11.0 Å². The molecule has 22 heavy (non-hydrogen) atoms. The Labute approximate surface area is 148 Å². The van der Waals surface area contributed by atoms with E-state index in [0.29, 0.717) is 0 Å². The maximum Gasteiger partial charge on any atom is 0.265 e. The molecule has 2 aromatic carbocycles. The molecule has 1 aliphatic rings. The molecule has 1 unspecified atom stereocenters. The standard InChI is InChI=1S/C19H23IOSi/c1-19(2)17-12-6-7-13-18(17)22(19,21-15-9-8-14-20)16-10-4-3-5-11-16/h3-7,10-13H,8-9,14-15H2,1-2H3. The second-order valence-electron chi connectivity index (χ2n) is 6.46. The number of unbranched alkanes of at least 4 members (excludes halogenated alkanes) is 1. The van der Waals surface area contributed by atoms with E-state index in [1.54, 1.807) is 0 Å². The van der Waals surface area contributed by atoms with Gasteiger partial charge in [0.25, 0.3) is 8.32 Å². The Bertz CT molecular complexity index is 641. The molecule has 0 N–H and O–H groups in total. The van der Waals surface area contributed by atoms with E-state index in [0.717, 1.165) is 13.0 Å². The lowest BCUT2D eigenvalue weighted by Gasteiger charge is -2.55. The summed E-state index contributed by atoms with van der Waals surface area (Å²) in [6, 6.07) is 19.8. The fourth-order valence-electron chi connectivity index (χ4n) is 3.75. The minimum atomic E-state index is -2.12. The third kappa shape index (κ3) is 2.38. The van der Waals surface area contributed by atoms with Crippen LogP contribution in [0.3, 0.4) is 0 Å². The average Bonchev–Trinajstić information content (AvgIpc) is 2.55. The van der Waals surface area contributed by atoms with Gasteiger partial charge in [0.05, 0.1) is 0 Å². The van der Waals surface area contributed by atoms with E-state index in [1.165, 1.54) is 26.8 Å². The molecular formula is C19H23IOSi. The summed E-state index contributed by atoms with van der Waals surface area (Å²) in [5.74, 6) is 0. The molecule has 1 aliphatic heterocycles. The summed E-state index contributed by atoms with van der Waals surface area (Å²) in [4.78, 5) is 0. The number of halogens is 1. The van der Waals surface area contributed by atoms with Crippen molar-refractivity contribution in [1.82, 2.24) is 0 Å². The van der Waals surface area contributed by atoms with Crippen molar-refractivity contribution >= 4 is 41.3 Å². The second kappa shape index (κ2) is 6.46. The summed E-state index contributed by atoms with van der Waals surface area (Å²) in [5, 5.41) is 3.02. The smallest absolute Gasteiger partial charge is 0.265 e. The van der Waals surface area contributed by atoms with E-state index in [4.69, 9.17) is 4.43 Å². The van der Waals surface area contributed by atoms with Gasteiger partial charge in [-0.15, -0.1) is 0 Å². The fraction of sp³-hybridized carbons (Fsp3) is 0.368. The summed E-state index contributed by atoms with van der Waals surface area (Å²) in [6.07, 6.45) is 2.39. The first-order valence-electron chi connectivity index (χ1n) is 8.00. The van der Waals surface area contributed by atoms with Gasteiger partial charge >= 0.3 is 0 Å². The van der Waals surface area contributed by atoms with Crippen LogP contribution in [0.5, 0.6) is 0 Å². The maximum absolute atomic E-state index is 6.73. The molecule has 3 rings (SSSR count). The van der Waals surface area contributed by atoms with Gasteiger partial charge in [-0.3, -0.25) is 0 Å². The number of hydrogen-bond donors (Lipinski definition) is 0. The predicted octanol–water partition coefficient (Wildman–Crippen LogP) is 3.81. The molecule has 3 heteroatoms. The molecule has 0 aromatic heterocycles. The Kier molecular flexibility index (Phi) is 4.76. The third-order valence-electron chi connectivity index (χ3n) is 4.89. The highest BCUT2D eigenvalue weighted by atomic mass is 127. The van der Waals surface area contributed by atoms with Gasteiger partial charge in [-0.2, -0.15) is 0 Å². The lowest BCUT2D eigenvalue weighted by molar-refractivity contribution is 0.283. The van der Waals surface area contributed by atoms with Crippen LogP contribution in [0.2, 0.25) is 0 Å². The van der Waals surface area contributed by atoms with Crippen molar-refractivity contribution in [3.05, 3.63) is 60.2 Å². The van der Waals surface area contributed by atoms with Crippen LogP contribution in [0.1, 0.15) is 32.3 Å². The lowest BCUT2D eigenvalue weighted by atomic mass is 10.0. The lowest BCUT2D eigenvalue weighted by Crippen LogP contribution is -2.80.